The Balaban J connectivity index is 1.91. The fraction of sp³-hybridized carbons (Fsp3) is 0. The Morgan fingerprint density at radius 1 is 1.04 bits per heavy atom. The van der Waals surface area contributed by atoms with Crippen molar-refractivity contribution in [3.8, 4) is 0 Å². The van der Waals surface area contributed by atoms with Gasteiger partial charge in [0.1, 0.15) is 5.00 Å². The highest BCUT2D eigenvalue weighted by molar-refractivity contribution is 7.20. The predicted octanol–water partition coefficient (Wildman–Crippen LogP) is 2.63. The molecule has 0 saturated heterocycles. The van der Waals surface area contributed by atoms with Crippen molar-refractivity contribution >= 4 is 49.9 Å². The van der Waals surface area contributed by atoms with Crippen LogP contribution in [-0.2, 0) is 0 Å². The molecule has 7 nitrogen and oxygen atoms in total. The highest BCUT2D eigenvalue weighted by Crippen LogP contribution is 2.31. The Bertz CT molecular complexity index is 906. The van der Waals surface area contributed by atoms with Crippen molar-refractivity contribution in [3.05, 3.63) is 48.2 Å². The van der Waals surface area contributed by atoms with Crippen molar-refractivity contribution in [2.24, 2.45) is 11.5 Å². The third-order valence-electron chi connectivity index (χ3n) is 3.10. The minimum absolute atomic E-state index is 0.0305. The van der Waals surface area contributed by atoms with Crippen LogP contribution >= 0.6 is 11.3 Å². The minimum atomic E-state index is -0.784. The van der Waals surface area contributed by atoms with Crippen molar-refractivity contribution < 1.29 is 9.59 Å². The number of hydrogen-bond acceptors (Lipinski definition) is 5. The molecule has 0 bridgehead atoms. The molecule has 0 atom stereocenters. The van der Waals surface area contributed by atoms with E-state index in [1.54, 1.807) is 0 Å². The van der Waals surface area contributed by atoms with Gasteiger partial charge in [0.15, 0.2) is 10.8 Å². The number of nitrogens with one attached hydrogen (secondary N) is 2. The lowest BCUT2D eigenvalue weighted by atomic mass is 10.1. The molecule has 0 saturated carbocycles. The van der Waals surface area contributed by atoms with E-state index in [4.69, 9.17) is 11.5 Å². The van der Waals surface area contributed by atoms with Crippen molar-refractivity contribution in [2.45, 2.75) is 0 Å². The van der Waals surface area contributed by atoms with Crippen LogP contribution in [0.15, 0.2) is 42.5 Å². The first kappa shape index (κ1) is 14.8. The van der Waals surface area contributed by atoms with Crippen LogP contribution in [0.5, 0.6) is 0 Å². The van der Waals surface area contributed by atoms with E-state index in [9.17, 15) is 9.59 Å². The van der Waals surface area contributed by atoms with Gasteiger partial charge in [0.05, 0.1) is 0 Å². The molecule has 0 aliphatic rings. The summed E-state index contributed by atoms with van der Waals surface area (Å²) in [7, 11) is 0. The number of nitrogens with zero attached hydrogens (tertiary/aromatic N) is 1. The van der Waals surface area contributed by atoms with Gasteiger partial charge >= 0.3 is 6.03 Å². The number of amides is 3. The lowest BCUT2D eigenvalue weighted by Gasteiger charge is -2.04. The summed E-state index contributed by atoms with van der Waals surface area (Å²) in [4.78, 5) is 26.5. The summed E-state index contributed by atoms with van der Waals surface area (Å²) in [5.74, 6) is -0.739. The molecule has 6 N–H and O–H groups in total. The van der Waals surface area contributed by atoms with Gasteiger partial charge in [-0.3, -0.25) is 10.1 Å². The molecule has 23 heavy (non-hydrogen) atoms. The molecule has 0 aliphatic heterocycles. The second-order valence-electron chi connectivity index (χ2n) is 4.74. The molecular formula is C15H13N5O2S. The first-order valence-corrected chi connectivity index (χ1v) is 7.47. The molecule has 0 fully saturated rings. The molecular weight excluding hydrogens is 314 g/mol. The lowest BCUT2D eigenvalue weighted by Crippen LogP contribution is -2.21. The van der Waals surface area contributed by atoms with Crippen molar-refractivity contribution in [2.75, 3.05) is 10.6 Å². The van der Waals surface area contributed by atoms with Gasteiger partial charge < -0.3 is 16.8 Å². The second kappa shape index (κ2) is 5.93. The van der Waals surface area contributed by atoms with Crippen LogP contribution < -0.4 is 22.1 Å². The van der Waals surface area contributed by atoms with Crippen molar-refractivity contribution in [3.63, 3.8) is 0 Å². The molecule has 8 heteroatoms. The van der Waals surface area contributed by atoms with E-state index in [1.807, 2.05) is 42.5 Å². The summed E-state index contributed by atoms with van der Waals surface area (Å²) in [5.41, 5.74) is 11.1. The first-order valence-electron chi connectivity index (χ1n) is 6.66. The van der Waals surface area contributed by atoms with E-state index in [0.29, 0.717) is 5.13 Å². The van der Waals surface area contributed by atoms with E-state index in [1.165, 1.54) is 0 Å². The molecule has 0 unspecified atom stereocenters. The molecule has 1 heterocycles. The van der Waals surface area contributed by atoms with E-state index in [0.717, 1.165) is 27.8 Å². The maximum absolute atomic E-state index is 11.4. The standard InChI is InChI=1S/C15H13N5O2S/c16-12(21)11-13(20-14(17)22)23-15(19-11)18-10-6-5-8-3-1-2-4-9(8)7-10/h1-7H,(H2,16,21)(H,18,19)(H3,17,20,22). The number of hydrogen-bond donors (Lipinski definition) is 4. The number of anilines is 3. The maximum atomic E-state index is 11.4. The summed E-state index contributed by atoms with van der Waals surface area (Å²) in [6, 6.07) is 13.0. The summed E-state index contributed by atoms with van der Waals surface area (Å²) in [6.07, 6.45) is 0. The van der Waals surface area contributed by atoms with E-state index >= 15 is 0 Å². The minimum Gasteiger partial charge on any atom is -0.364 e. The fourth-order valence-corrected chi connectivity index (χ4v) is 3.02. The summed E-state index contributed by atoms with van der Waals surface area (Å²) in [5, 5.41) is 8.27. The molecule has 3 aromatic rings. The number of aromatic nitrogens is 1. The number of thiazole rings is 1. The lowest BCUT2D eigenvalue weighted by molar-refractivity contribution is 0.0997. The van der Waals surface area contributed by atoms with E-state index in [2.05, 4.69) is 15.6 Å². The van der Waals surface area contributed by atoms with Gasteiger partial charge in [0.2, 0.25) is 0 Å². The van der Waals surface area contributed by atoms with Crippen LogP contribution in [0.3, 0.4) is 0 Å². The number of urea groups is 1. The smallest absolute Gasteiger partial charge is 0.317 e. The van der Waals surface area contributed by atoms with Gasteiger partial charge in [-0.2, -0.15) is 0 Å². The molecule has 3 rings (SSSR count). The Labute approximate surface area is 135 Å². The van der Waals surface area contributed by atoms with Crippen LogP contribution in [0, 0.1) is 0 Å². The maximum Gasteiger partial charge on any atom is 0.317 e. The van der Waals surface area contributed by atoms with Crippen LogP contribution in [0.4, 0.5) is 20.6 Å². The van der Waals surface area contributed by atoms with Crippen molar-refractivity contribution in [1.82, 2.24) is 4.98 Å². The predicted molar refractivity (Wildman–Crippen MR) is 91.1 cm³/mol. The SMILES string of the molecule is NC(=O)Nc1sc(Nc2ccc3ccccc3c2)nc1C(N)=O. The molecule has 0 spiro atoms. The molecule has 0 radical (unpaired) electrons. The topological polar surface area (TPSA) is 123 Å². The Morgan fingerprint density at radius 3 is 2.48 bits per heavy atom. The number of benzene rings is 2. The number of nitrogens with two attached hydrogens (primary N) is 2. The molecule has 0 aliphatic carbocycles. The van der Waals surface area contributed by atoms with Gasteiger partial charge in [0.25, 0.3) is 5.91 Å². The van der Waals surface area contributed by atoms with Crippen LogP contribution in [0.2, 0.25) is 0 Å². The monoisotopic (exact) mass is 327 g/mol. The highest BCUT2D eigenvalue weighted by Gasteiger charge is 2.17. The number of rotatable bonds is 4. The Kier molecular flexibility index (Phi) is 3.82. The van der Waals surface area contributed by atoms with Crippen LogP contribution in [0.25, 0.3) is 10.8 Å². The zero-order chi connectivity index (χ0) is 16.4. The number of carbonyl (C=O) groups excluding carboxylic acids is 2. The van der Waals surface area contributed by atoms with E-state index < -0.39 is 11.9 Å². The first-order chi connectivity index (χ1) is 11.0. The Hall–Kier alpha value is -3.13. The van der Waals surface area contributed by atoms with Gasteiger partial charge in [-0.05, 0) is 22.9 Å². The molecule has 3 amide bonds. The molecule has 1 aromatic heterocycles. The largest absolute Gasteiger partial charge is 0.364 e. The third-order valence-corrected chi connectivity index (χ3v) is 3.98. The van der Waals surface area contributed by atoms with Gasteiger partial charge in [-0.1, -0.05) is 41.7 Å². The number of primary amides is 2. The average Bonchev–Trinajstić information content (AvgIpc) is 2.89. The zero-order valence-corrected chi connectivity index (χ0v) is 12.7. The van der Waals surface area contributed by atoms with Crippen LogP contribution in [-0.4, -0.2) is 16.9 Å². The average molecular weight is 327 g/mol. The normalized spacial score (nSPS) is 10.4. The highest BCUT2D eigenvalue weighted by atomic mass is 32.1. The summed E-state index contributed by atoms with van der Waals surface area (Å²) >= 11 is 1.08. The second-order valence-corrected chi connectivity index (χ2v) is 5.74. The molecule has 116 valence electrons. The third kappa shape index (κ3) is 3.22. The number of carbonyl (C=O) groups is 2. The molecule has 2 aromatic carbocycles. The van der Waals surface area contributed by atoms with Gasteiger partial charge in [-0.25, -0.2) is 9.78 Å². The van der Waals surface area contributed by atoms with E-state index in [-0.39, 0.29) is 10.7 Å². The number of fused-ring (bicyclic) bond motifs is 1. The zero-order valence-electron chi connectivity index (χ0n) is 11.9. The van der Waals surface area contributed by atoms with Gasteiger partial charge in [-0.15, -0.1) is 0 Å². The van der Waals surface area contributed by atoms with Crippen molar-refractivity contribution in [1.29, 1.82) is 0 Å². The quantitative estimate of drug-likeness (QED) is 0.588. The summed E-state index contributed by atoms with van der Waals surface area (Å²) < 4.78 is 0. The fourth-order valence-electron chi connectivity index (χ4n) is 2.13. The Morgan fingerprint density at radius 2 is 1.78 bits per heavy atom. The van der Waals surface area contributed by atoms with Gasteiger partial charge in [0, 0.05) is 5.69 Å². The van der Waals surface area contributed by atoms with Crippen LogP contribution in [0.1, 0.15) is 10.5 Å². The summed E-state index contributed by atoms with van der Waals surface area (Å²) in [6.45, 7) is 0.